The summed E-state index contributed by atoms with van der Waals surface area (Å²) in [4.78, 5) is 13.9. The second-order valence-electron chi connectivity index (χ2n) is 5.22. The number of hydrogen-bond donors (Lipinski definition) is 0. The van der Waals surface area contributed by atoms with Gasteiger partial charge in [0, 0.05) is 16.8 Å². The molecule has 5 heteroatoms. The zero-order chi connectivity index (χ0) is 14.4. The van der Waals surface area contributed by atoms with E-state index in [1.807, 2.05) is 30.7 Å². The molecule has 0 saturated carbocycles. The van der Waals surface area contributed by atoms with Crippen LogP contribution >= 0.6 is 11.3 Å². The summed E-state index contributed by atoms with van der Waals surface area (Å²) in [5, 5.41) is 5.26. The molecule has 0 amide bonds. The monoisotopic (exact) mass is 287 g/mol. The van der Waals surface area contributed by atoms with E-state index >= 15 is 0 Å². The van der Waals surface area contributed by atoms with Crippen LogP contribution in [0.4, 0.5) is 0 Å². The summed E-state index contributed by atoms with van der Waals surface area (Å²) < 4.78 is 4.72. The normalized spacial score (nSPS) is 11.8. The number of aromatic nitrogens is 3. The number of thiophene rings is 1. The van der Waals surface area contributed by atoms with E-state index < -0.39 is 0 Å². The zero-order valence-electron chi connectivity index (χ0n) is 11.9. The van der Waals surface area contributed by atoms with E-state index in [-0.39, 0.29) is 11.6 Å². The average molecular weight is 287 g/mol. The van der Waals surface area contributed by atoms with Crippen molar-refractivity contribution in [2.75, 3.05) is 0 Å². The topological polar surface area (TPSA) is 39.8 Å². The lowest BCUT2D eigenvalue weighted by molar-refractivity contribution is 0.506. The molecule has 3 rings (SSSR count). The lowest BCUT2D eigenvalue weighted by Crippen LogP contribution is -2.25. The van der Waals surface area contributed by atoms with E-state index in [1.165, 1.54) is 4.88 Å². The lowest BCUT2D eigenvalue weighted by Gasteiger charge is -2.09. The third-order valence-electron chi connectivity index (χ3n) is 3.42. The van der Waals surface area contributed by atoms with E-state index in [0.717, 1.165) is 21.1 Å². The van der Waals surface area contributed by atoms with Crippen LogP contribution < -0.4 is 5.56 Å². The van der Waals surface area contributed by atoms with Gasteiger partial charge in [-0.3, -0.25) is 4.79 Å². The molecule has 0 aromatic carbocycles. The Balaban J connectivity index is 2.51. The van der Waals surface area contributed by atoms with Crippen LogP contribution in [0.2, 0.25) is 0 Å². The smallest absolute Gasteiger partial charge is 0.291 e. The highest BCUT2D eigenvalue weighted by molar-refractivity contribution is 7.20. The van der Waals surface area contributed by atoms with E-state index in [9.17, 15) is 4.79 Å². The third-order valence-corrected chi connectivity index (χ3v) is 4.49. The van der Waals surface area contributed by atoms with Crippen molar-refractivity contribution < 1.29 is 0 Å². The highest BCUT2D eigenvalue weighted by Crippen LogP contribution is 2.33. The lowest BCUT2D eigenvalue weighted by atomic mass is 10.3. The molecule has 3 aromatic heterocycles. The molecule has 0 N–H and O–H groups in total. The number of nitrogens with zero attached hydrogens (tertiary/aromatic N) is 3. The van der Waals surface area contributed by atoms with Crippen molar-refractivity contribution in [3.8, 4) is 0 Å². The standard InChI is InChI=1S/C15H17N3OS/c1-5-6-17-12-7-10(4)20-14(12)11-8-16-18(9(2)3)15(19)13(11)17/h5,7-9H,1,6H2,2-4H3. The summed E-state index contributed by atoms with van der Waals surface area (Å²) >= 11 is 1.71. The van der Waals surface area contributed by atoms with Crippen molar-refractivity contribution in [2.24, 2.45) is 0 Å². The second-order valence-corrected chi connectivity index (χ2v) is 6.48. The molecule has 0 spiro atoms. The number of allylic oxidation sites excluding steroid dienone is 1. The van der Waals surface area contributed by atoms with Crippen LogP contribution in [0.5, 0.6) is 0 Å². The molecule has 0 saturated heterocycles. The maximum Gasteiger partial charge on any atom is 0.291 e. The van der Waals surface area contributed by atoms with Gasteiger partial charge in [-0.25, -0.2) is 4.68 Å². The minimum absolute atomic E-state index is 0.0274. The van der Waals surface area contributed by atoms with Gasteiger partial charge >= 0.3 is 0 Å². The Kier molecular flexibility index (Phi) is 3.01. The van der Waals surface area contributed by atoms with Gasteiger partial charge in [0.1, 0.15) is 5.52 Å². The third kappa shape index (κ3) is 1.73. The largest absolute Gasteiger partial charge is 0.331 e. The molecule has 0 unspecified atom stereocenters. The number of hydrogen-bond acceptors (Lipinski definition) is 3. The highest BCUT2D eigenvalue weighted by Gasteiger charge is 2.17. The summed E-state index contributed by atoms with van der Waals surface area (Å²) in [5.74, 6) is 0. The fourth-order valence-electron chi connectivity index (χ4n) is 2.59. The maximum atomic E-state index is 12.7. The van der Waals surface area contributed by atoms with Gasteiger partial charge in [-0.2, -0.15) is 5.10 Å². The molecule has 0 atom stereocenters. The SMILES string of the molecule is C=CCn1c2cc(C)sc2c2cnn(C(C)C)c(=O)c21. The highest BCUT2D eigenvalue weighted by atomic mass is 32.1. The molecular formula is C15H17N3OS. The number of rotatable bonds is 3. The van der Waals surface area contributed by atoms with Gasteiger partial charge in [-0.05, 0) is 26.8 Å². The zero-order valence-corrected chi connectivity index (χ0v) is 12.7. The minimum Gasteiger partial charge on any atom is -0.331 e. The van der Waals surface area contributed by atoms with Gasteiger partial charge in [0.15, 0.2) is 0 Å². The molecule has 0 fully saturated rings. The first kappa shape index (κ1) is 13.1. The molecule has 4 nitrogen and oxygen atoms in total. The molecule has 0 radical (unpaired) electrons. The van der Waals surface area contributed by atoms with Gasteiger partial charge < -0.3 is 4.57 Å². The predicted molar refractivity (Wildman–Crippen MR) is 84.7 cm³/mol. The van der Waals surface area contributed by atoms with Crippen LogP contribution in [0.15, 0.2) is 29.7 Å². The number of aryl methyl sites for hydroxylation is 1. The molecule has 0 aliphatic rings. The fourth-order valence-corrected chi connectivity index (χ4v) is 3.61. The van der Waals surface area contributed by atoms with Gasteiger partial charge in [0.25, 0.3) is 5.56 Å². The Morgan fingerprint density at radius 3 is 2.90 bits per heavy atom. The van der Waals surface area contributed by atoms with Crippen molar-refractivity contribution in [1.29, 1.82) is 0 Å². The molecule has 0 bridgehead atoms. The van der Waals surface area contributed by atoms with Gasteiger partial charge in [-0.15, -0.1) is 17.9 Å². The van der Waals surface area contributed by atoms with Crippen LogP contribution in [0.1, 0.15) is 24.8 Å². The Morgan fingerprint density at radius 2 is 2.25 bits per heavy atom. The number of fused-ring (bicyclic) bond motifs is 3. The molecular weight excluding hydrogens is 270 g/mol. The van der Waals surface area contributed by atoms with Crippen LogP contribution in [0.3, 0.4) is 0 Å². The van der Waals surface area contributed by atoms with Crippen LogP contribution in [-0.4, -0.2) is 14.3 Å². The first-order valence-corrected chi connectivity index (χ1v) is 7.47. The van der Waals surface area contributed by atoms with Crippen LogP contribution in [0.25, 0.3) is 21.1 Å². The van der Waals surface area contributed by atoms with E-state index in [4.69, 9.17) is 0 Å². The predicted octanol–water partition coefficient (Wildman–Crippen LogP) is 3.49. The van der Waals surface area contributed by atoms with Crippen LogP contribution in [0, 0.1) is 6.92 Å². The van der Waals surface area contributed by atoms with Gasteiger partial charge in [0.2, 0.25) is 0 Å². The van der Waals surface area contributed by atoms with Gasteiger partial charge in [0.05, 0.1) is 22.5 Å². The maximum absolute atomic E-state index is 12.7. The quantitative estimate of drug-likeness (QED) is 0.692. The molecule has 3 heterocycles. The Labute approximate surface area is 120 Å². The second kappa shape index (κ2) is 4.59. The van der Waals surface area contributed by atoms with Crippen molar-refractivity contribution in [3.05, 3.63) is 40.1 Å². The average Bonchev–Trinajstić information content (AvgIpc) is 2.88. The van der Waals surface area contributed by atoms with E-state index in [2.05, 4.69) is 24.7 Å². The first-order valence-electron chi connectivity index (χ1n) is 6.65. The van der Waals surface area contributed by atoms with Crippen molar-refractivity contribution in [1.82, 2.24) is 14.3 Å². The van der Waals surface area contributed by atoms with Crippen molar-refractivity contribution in [3.63, 3.8) is 0 Å². The molecule has 0 aliphatic heterocycles. The molecule has 104 valence electrons. The van der Waals surface area contributed by atoms with Crippen molar-refractivity contribution >= 4 is 32.5 Å². The molecule has 20 heavy (non-hydrogen) atoms. The minimum atomic E-state index is -0.0274. The Hall–Kier alpha value is -1.88. The van der Waals surface area contributed by atoms with E-state index in [1.54, 1.807) is 16.0 Å². The van der Waals surface area contributed by atoms with E-state index in [0.29, 0.717) is 6.54 Å². The summed E-state index contributed by atoms with van der Waals surface area (Å²) in [6, 6.07) is 2.18. The molecule has 3 aromatic rings. The van der Waals surface area contributed by atoms with Crippen LogP contribution in [-0.2, 0) is 6.54 Å². The Morgan fingerprint density at radius 1 is 1.50 bits per heavy atom. The Bertz CT molecular complexity index is 867. The summed E-state index contributed by atoms with van der Waals surface area (Å²) in [6.45, 7) is 10.4. The summed E-state index contributed by atoms with van der Waals surface area (Å²) in [7, 11) is 0. The van der Waals surface area contributed by atoms with Crippen molar-refractivity contribution in [2.45, 2.75) is 33.4 Å². The summed E-state index contributed by atoms with van der Waals surface area (Å²) in [5.41, 5.74) is 1.80. The fraction of sp³-hybridized carbons (Fsp3) is 0.333. The molecule has 0 aliphatic carbocycles. The first-order chi connectivity index (χ1) is 9.54. The van der Waals surface area contributed by atoms with Gasteiger partial charge in [-0.1, -0.05) is 6.08 Å². The summed E-state index contributed by atoms with van der Waals surface area (Å²) in [6.07, 6.45) is 3.64.